The van der Waals surface area contributed by atoms with Gasteiger partial charge in [0.15, 0.2) is 0 Å². The predicted octanol–water partition coefficient (Wildman–Crippen LogP) is 4.44. The Balaban J connectivity index is 0.000000309. The minimum Gasteiger partial charge on any atom is -0.284 e. The van der Waals surface area contributed by atoms with E-state index in [1.807, 2.05) is 30.3 Å². The molecular formula is C15H12Cl3NO2S. The molecule has 2 aromatic rings. The molecule has 0 unspecified atom stereocenters. The molecule has 1 heterocycles. The van der Waals surface area contributed by atoms with E-state index >= 15 is 0 Å². The van der Waals surface area contributed by atoms with Crippen LogP contribution >= 0.6 is 33.0 Å². The van der Waals surface area contributed by atoms with Crippen molar-refractivity contribution in [3.05, 3.63) is 70.2 Å². The van der Waals surface area contributed by atoms with Gasteiger partial charge in [-0.3, -0.25) is 4.99 Å². The van der Waals surface area contributed by atoms with Gasteiger partial charge in [0.2, 0.25) is 0 Å². The second-order valence-corrected chi connectivity index (χ2v) is 8.63. The normalized spacial score (nSPS) is 13.5. The van der Waals surface area contributed by atoms with Crippen LogP contribution in [0.15, 0.2) is 53.5 Å². The van der Waals surface area contributed by atoms with Crippen molar-refractivity contribution in [2.24, 2.45) is 4.99 Å². The topological polar surface area (TPSA) is 46.5 Å². The summed E-state index contributed by atoms with van der Waals surface area (Å²) in [5.41, 5.74) is 4.74. The van der Waals surface area contributed by atoms with Gasteiger partial charge in [0.05, 0.1) is 5.71 Å². The average molecular weight is 377 g/mol. The van der Waals surface area contributed by atoms with Crippen molar-refractivity contribution in [3.8, 4) is 0 Å². The van der Waals surface area contributed by atoms with Crippen LogP contribution < -0.4 is 0 Å². The first kappa shape index (κ1) is 17.3. The van der Waals surface area contributed by atoms with E-state index in [4.69, 9.17) is 20.0 Å². The highest BCUT2D eigenvalue weighted by Crippen LogP contribution is 2.23. The molecule has 0 aliphatic carbocycles. The van der Waals surface area contributed by atoms with E-state index in [2.05, 4.69) is 44.6 Å². The molecule has 0 amide bonds. The largest absolute Gasteiger partial charge is 0.317 e. The van der Waals surface area contributed by atoms with E-state index in [1.165, 1.54) is 11.1 Å². The number of benzene rings is 2. The van der Waals surface area contributed by atoms with Crippen LogP contribution in [0, 0.1) is 0 Å². The zero-order valence-electron chi connectivity index (χ0n) is 11.3. The van der Waals surface area contributed by atoms with E-state index in [0.717, 1.165) is 29.3 Å². The predicted molar refractivity (Wildman–Crippen MR) is 92.7 cm³/mol. The van der Waals surface area contributed by atoms with E-state index in [0.29, 0.717) is 0 Å². The Hall–Kier alpha value is -1.07. The third-order valence-electron chi connectivity index (χ3n) is 3.03. The zero-order chi connectivity index (χ0) is 16.2. The van der Waals surface area contributed by atoms with Crippen LogP contribution in [0.2, 0.25) is 5.02 Å². The van der Waals surface area contributed by atoms with Crippen LogP contribution in [-0.4, -0.2) is 20.7 Å². The number of aliphatic imine (C=N–C) groups is 1. The third kappa shape index (κ3) is 5.29. The van der Waals surface area contributed by atoms with E-state index in [9.17, 15) is 0 Å². The molecule has 0 spiro atoms. The van der Waals surface area contributed by atoms with Gasteiger partial charge in [0.1, 0.15) is 0 Å². The first-order valence-electron chi connectivity index (χ1n) is 6.37. The Morgan fingerprint density at radius 1 is 1.00 bits per heavy atom. The van der Waals surface area contributed by atoms with Crippen LogP contribution in [0.3, 0.4) is 0 Å². The molecule has 0 saturated heterocycles. The molecular weight excluding hydrogens is 365 g/mol. The summed E-state index contributed by atoms with van der Waals surface area (Å²) in [6.45, 7) is 0.860. The molecule has 0 atom stereocenters. The molecule has 0 radical (unpaired) electrons. The molecule has 0 saturated carbocycles. The van der Waals surface area contributed by atoms with E-state index in [-0.39, 0.29) is 0 Å². The number of hydrogen-bond acceptors (Lipinski definition) is 3. The third-order valence-corrected chi connectivity index (χ3v) is 3.26. The van der Waals surface area contributed by atoms with Gasteiger partial charge in [-0.05, 0) is 24.1 Å². The maximum Gasteiger partial charge on any atom is 0.317 e. The Morgan fingerprint density at radius 2 is 1.64 bits per heavy atom. The van der Waals surface area contributed by atoms with Crippen molar-refractivity contribution in [2.75, 3.05) is 6.54 Å². The summed E-state index contributed by atoms with van der Waals surface area (Å²) >= 11 is 6.07. The summed E-state index contributed by atoms with van der Waals surface area (Å²) < 4.78 is 18.3. The van der Waals surface area contributed by atoms with Gasteiger partial charge in [-0.2, -0.15) is 8.42 Å². The van der Waals surface area contributed by atoms with Crippen LogP contribution in [0.5, 0.6) is 0 Å². The maximum absolute atomic E-state index is 9.16. The van der Waals surface area contributed by atoms with Gasteiger partial charge in [-0.15, -0.1) is 0 Å². The van der Waals surface area contributed by atoms with Crippen molar-refractivity contribution < 1.29 is 8.42 Å². The lowest BCUT2D eigenvalue weighted by Gasteiger charge is -2.17. The van der Waals surface area contributed by atoms with E-state index < -0.39 is 8.26 Å². The fourth-order valence-corrected chi connectivity index (χ4v) is 2.38. The van der Waals surface area contributed by atoms with Crippen molar-refractivity contribution in [1.82, 2.24) is 0 Å². The van der Waals surface area contributed by atoms with Crippen LogP contribution in [-0.2, 0) is 14.7 Å². The standard InChI is InChI=1S/C15H12ClN.Cl2O2S/c16-13-7-6-11-8-9-17-15(14(11)10-13)12-4-2-1-3-5-12;1-5(2,3)4/h1-7,10H,8-9H2;. The summed E-state index contributed by atoms with van der Waals surface area (Å²) in [6, 6.07) is 16.4. The molecule has 3 rings (SSSR count). The molecule has 0 bridgehead atoms. The van der Waals surface area contributed by atoms with Gasteiger partial charge in [0.25, 0.3) is 0 Å². The molecule has 7 heteroatoms. The molecule has 0 fully saturated rings. The van der Waals surface area contributed by atoms with Crippen molar-refractivity contribution in [3.63, 3.8) is 0 Å². The number of fused-ring (bicyclic) bond motifs is 1. The highest BCUT2D eigenvalue weighted by Gasteiger charge is 2.15. The smallest absolute Gasteiger partial charge is 0.284 e. The number of rotatable bonds is 1. The van der Waals surface area contributed by atoms with Gasteiger partial charge < -0.3 is 0 Å². The maximum atomic E-state index is 9.16. The monoisotopic (exact) mass is 375 g/mol. The first-order chi connectivity index (χ1) is 10.3. The van der Waals surface area contributed by atoms with Crippen LogP contribution in [0.1, 0.15) is 16.7 Å². The number of nitrogens with zero attached hydrogens (tertiary/aromatic N) is 1. The number of halogens is 3. The molecule has 22 heavy (non-hydrogen) atoms. The Kier molecular flexibility index (Phi) is 5.87. The van der Waals surface area contributed by atoms with Gasteiger partial charge >= 0.3 is 8.26 Å². The fraction of sp³-hybridized carbons (Fsp3) is 0.133. The van der Waals surface area contributed by atoms with Crippen LogP contribution in [0.25, 0.3) is 0 Å². The second-order valence-electron chi connectivity index (χ2n) is 4.53. The van der Waals surface area contributed by atoms with E-state index in [1.54, 1.807) is 0 Å². The zero-order valence-corrected chi connectivity index (χ0v) is 14.4. The summed E-state index contributed by atoms with van der Waals surface area (Å²) in [5, 5.41) is 0.772. The molecule has 3 nitrogen and oxygen atoms in total. The van der Waals surface area contributed by atoms with Crippen molar-refractivity contribution in [1.29, 1.82) is 0 Å². The molecule has 116 valence electrons. The average Bonchev–Trinajstić information content (AvgIpc) is 2.46. The highest BCUT2D eigenvalue weighted by molar-refractivity contribution is 8.31. The number of hydrogen-bond donors (Lipinski definition) is 0. The Morgan fingerprint density at radius 3 is 2.27 bits per heavy atom. The minimum absolute atomic E-state index is 0.772. The summed E-state index contributed by atoms with van der Waals surface area (Å²) in [5.74, 6) is 0. The fourth-order valence-electron chi connectivity index (χ4n) is 2.20. The lowest BCUT2D eigenvalue weighted by Crippen LogP contribution is -2.13. The second kappa shape index (κ2) is 7.47. The molecule has 0 N–H and O–H groups in total. The molecule has 1 aliphatic rings. The lowest BCUT2D eigenvalue weighted by atomic mass is 9.93. The lowest BCUT2D eigenvalue weighted by molar-refractivity contribution is 0.621. The molecule has 2 aromatic carbocycles. The SMILES string of the molecule is Clc1ccc2c(c1)C(c1ccccc1)=NCC2.O=S(=O)(Cl)Cl. The van der Waals surface area contributed by atoms with Crippen LogP contribution in [0.4, 0.5) is 0 Å². The Labute approximate surface area is 143 Å². The summed E-state index contributed by atoms with van der Waals surface area (Å²) in [7, 11) is 4.81. The van der Waals surface area contributed by atoms with Crippen molar-refractivity contribution in [2.45, 2.75) is 6.42 Å². The molecule has 0 aromatic heterocycles. The highest BCUT2D eigenvalue weighted by atomic mass is 36.0. The van der Waals surface area contributed by atoms with Gasteiger partial charge in [0, 0.05) is 44.1 Å². The first-order valence-corrected chi connectivity index (χ1v) is 9.89. The van der Waals surface area contributed by atoms with Gasteiger partial charge in [-0.1, -0.05) is 48.0 Å². The minimum atomic E-state index is -3.72. The van der Waals surface area contributed by atoms with Crippen molar-refractivity contribution >= 4 is 46.9 Å². The molecule has 1 aliphatic heterocycles. The quantitative estimate of drug-likeness (QED) is 0.691. The summed E-state index contributed by atoms with van der Waals surface area (Å²) in [6.07, 6.45) is 1.00. The summed E-state index contributed by atoms with van der Waals surface area (Å²) in [4.78, 5) is 4.64. The Bertz CT molecular complexity index is 782. The van der Waals surface area contributed by atoms with Gasteiger partial charge in [-0.25, -0.2) is 0 Å².